The van der Waals surface area contributed by atoms with E-state index >= 15 is 0 Å². The SMILES string of the molecule is COc1cc(C2c3c(C)nn(-c4ccc([N+](=O)[O-])cc4)c3N=C3C(=O)Nc4ccccc4N32)ccc1OS(=O)(=O)c1cc([N+](=O)[O-])ccc1C. The monoisotopic (exact) mass is 695 g/mol. The van der Waals surface area contributed by atoms with Gasteiger partial charge in [-0.05, 0) is 61.4 Å². The van der Waals surface area contributed by atoms with Gasteiger partial charge in [-0.2, -0.15) is 13.5 Å². The van der Waals surface area contributed by atoms with Gasteiger partial charge in [0.1, 0.15) is 4.90 Å². The lowest BCUT2D eigenvalue weighted by molar-refractivity contribution is -0.385. The van der Waals surface area contributed by atoms with Crippen molar-refractivity contribution in [1.82, 2.24) is 9.78 Å². The Balaban J connectivity index is 1.37. The van der Waals surface area contributed by atoms with Gasteiger partial charge in [0.25, 0.3) is 17.3 Å². The van der Waals surface area contributed by atoms with Crippen molar-refractivity contribution < 1.29 is 32.0 Å². The second-order valence-corrected chi connectivity index (χ2v) is 12.9. The lowest BCUT2D eigenvalue weighted by atomic mass is 9.93. The largest absolute Gasteiger partial charge is 0.493 e. The number of rotatable bonds is 8. The summed E-state index contributed by atoms with van der Waals surface area (Å²) >= 11 is 0. The number of aryl methyl sites for hydroxylation is 2. The molecule has 7 rings (SSSR count). The molecule has 0 spiro atoms. The van der Waals surface area contributed by atoms with Gasteiger partial charge in [-0.25, -0.2) is 9.67 Å². The molecule has 252 valence electrons. The molecule has 0 fully saturated rings. The van der Waals surface area contributed by atoms with Crippen LogP contribution >= 0.6 is 0 Å². The van der Waals surface area contributed by atoms with Crippen molar-refractivity contribution in [2.75, 3.05) is 17.3 Å². The van der Waals surface area contributed by atoms with Crippen LogP contribution in [0.4, 0.5) is 28.6 Å². The number of para-hydroxylation sites is 2. The van der Waals surface area contributed by atoms with Crippen LogP contribution in [0, 0.1) is 34.1 Å². The summed E-state index contributed by atoms with van der Waals surface area (Å²) in [6.07, 6.45) is 0. The number of carbonyl (C=O) groups is 1. The highest BCUT2D eigenvalue weighted by Crippen LogP contribution is 2.48. The van der Waals surface area contributed by atoms with Crippen molar-refractivity contribution in [2.24, 2.45) is 4.99 Å². The van der Waals surface area contributed by atoms with Gasteiger partial charge in [0.05, 0.1) is 45.8 Å². The minimum atomic E-state index is -4.55. The number of anilines is 2. The Morgan fingerprint density at radius 2 is 1.58 bits per heavy atom. The number of methoxy groups -OCH3 is 1. The average Bonchev–Trinajstić information content (AvgIpc) is 3.43. The molecule has 4 aromatic carbocycles. The first-order valence-electron chi connectivity index (χ1n) is 14.9. The molecule has 0 saturated heterocycles. The Morgan fingerprint density at radius 1 is 0.880 bits per heavy atom. The lowest BCUT2D eigenvalue weighted by Crippen LogP contribution is -2.48. The Kier molecular flexibility index (Phi) is 7.55. The van der Waals surface area contributed by atoms with Crippen LogP contribution in [0.5, 0.6) is 11.5 Å². The first kappa shape index (κ1) is 32.0. The zero-order valence-electron chi connectivity index (χ0n) is 26.4. The van der Waals surface area contributed by atoms with E-state index in [1.54, 1.807) is 36.1 Å². The Bertz CT molecular complexity index is 2410. The van der Waals surface area contributed by atoms with Gasteiger partial charge in [0.15, 0.2) is 17.3 Å². The van der Waals surface area contributed by atoms with Crippen molar-refractivity contribution in [1.29, 1.82) is 0 Å². The Morgan fingerprint density at radius 3 is 2.28 bits per heavy atom. The minimum Gasteiger partial charge on any atom is -0.493 e. The van der Waals surface area contributed by atoms with E-state index in [-0.39, 0.29) is 33.5 Å². The topological polar surface area (TPSA) is 201 Å². The van der Waals surface area contributed by atoms with Gasteiger partial charge in [-0.3, -0.25) is 25.0 Å². The first-order chi connectivity index (χ1) is 23.9. The van der Waals surface area contributed by atoms with E-state index in [9.17, 15) is 33.4 Å². The zero-order chi connectivity index (χ0) is 35.5. The molecule has 0 bridgehead atoms. The van der Waals surface area contributed by atoms with Gasteiger partial charge < -0.3 is 19.1 Å². The summed E-state index contributed by atoms with van der Waals surface area (Å²) < 4.78 is 39.4. The molecule has 3 heterocycles. The maximum atomic E-state index is 13.6. The molecule has 5 aromatic rings. The number of fused-ring (bicyclic) bond motifs is 4. The number of amides is 1. The number of nitrogens with zero attached hydrogens (tertiary/aromatic N) is 6. The number of hydrogen-bond donors (Lipinski definition) is 1. The predicted octanol–water partition coefficient (Wildman–Crippen LogP) is 5.67. The smallest absolute Gasteiger partial charge is 0.339 e. The molecule has 16 nitrogen and oxygen atoms in total. The summed E-state index contributed by atoms with van der Waals surface area (Å²) in [5.74, 6) is -0.284. The number of non-ortho nitro benzene ring substituents is 2. The molecule has 2 aliphatic heterocycles. The van der Waals surface area contributed by atoms with Gasteiger partial charge in [0, 0.05) is 29.8 Å². The Hall–Kier alpha value is -6.62. The van der Waals surface area contributed by atoms with Gasteiger partial charge >= 0.3 is 10.1 Å². The van der Waals surface area contributed by atoms with Gasteiger partial charge in [-0.15, -0.1) is 0 Å². The molecule has 0 radical (unpaired) electrons. The van der Waals surface area contributed by atoms with E-state index in [1.807, 2.05) is 12.1 Å². The van der Waals surface area contributed by atoms with Crippen LogP contribution in [0.25, 0.3) is 5.69 Å². The number of nitro benzene ring substituents is 2. The number of ether oxygens (including phenoxy) is 1. The van der Waals surface area contributed by atoms with Crippen LogP contribution < -0.4 is 19.1 Å². The third kappa shape index (κ3) is 5.25. The molecule has 2 aliphatic rings. The van der Waals surface area contributed by atoms with Crippen LogP contribution in [-0.4, -0.2) is 46.9 Å². The maximum absolute atomic E-state index is 13.6. The second kappa shape index (κ2) is 11.8. The molecule has 1 atom stereocenters. The number of benzene rings is 4. The third-order valence-electron chi connectivity index (χ3n) is 8.33. The van der Waals surface area contributed by atoms with Crippen LogP contribution in [0.3, 0.4) is 0 Å². The van der Waals surface area contributed by atoms with E-state index in [4.69, 9.17) is 19.0 Å². The summed E-state index contributed by atoms with van der Waals surface area (Å²) in [6, 6.07) is 20.2. The summed E-state index contributed by atoms with van der Waals surface area (Å²) in [4.78, 5) is 41.1. The number of nitro groups is 2. The van der Waals surface area contributed by atoms with Crippen LogP contribution in [0.15, 0.2) is 94.8 Å². The van der Waals surface area contributed by atoms with Gasteiger partial charge in [-0.1, -0.05) is 24.3 Å². The lowest BCUT2D eigenvalue weighted by Gasteiger charge is -2.40. The van der Waals surface area contributed by atoms with Crippen molar-refractivity contribution in [3.8, 4) is 17.2 Å². The molecular formula is C33H25N7O9S. The number of aromatic nitrogens is 2. The molecule has 17 heteroatoms. The molecule has 1 amide bonds. The summed E-state index contributed by atoms with van der Waals surface area (Å²) in [6.45, 7) is 3.26. The molecule has 1 unspecified atom stereocenters. The van der Waals surface area contributed by atoms with Crippen molar-refractivity contribution >= 4 is 50.4 Å². The Labute approximate surface area is 283 Å². The van der Waals surface area contributed by atoms with E-state index in [0.717, 1.165) is 6.07 Å². The van der Waals surface area contributed by atoms with Crippen molar-refractivity contribution in [3.05, 3.63) is 128 Å². The van der Waals surface area contributed by atoms with Crippen LogP contribution in [-0.2, 0) is 14.9 Å². The summed E-state index contributed by atoms with van der Waals surface area (Å²) in [7, 11) is -3.22. The van der Waals surface area contributed by atoms with Crippen molar-refractivity contribution in [3.63, 3.8) is 0 Å². The third-order valence-corrected chi connectivity index (χ3v) is 9.71. The summed E-state index contributed by atoms with van der Waals surface area (Å²) in [5.41, 5.74) is 3.05. The van der Waals surface area contributed by atoms with Crippen LogP contribution in [0.1, 0.15) is 28.4 Å². The van der Waals surface area contributed by atoms with E-state index in [2.05, 4.69) is 5.32 Å². The molecule has 0 aliphatic carbocycles. The zero-order valence-corrected chi connectivity index (χ0v) is 27.2. The number of carbonyl (C=O) groups excluding carboxylic acids is 1. The quantitative estimate of drug-likeness (QED) is 0.119. The molecule has 1 N–H and O–H groups in total. The maximum Gasteiger partial charge on any atom is 0.339 e. The average molecular weight is 696 g/mol. The van der Waals surface area contributed by atoms with Crippen molar-refractivity contribution in [2.45, 2.75) is 24.8 Å². The highest BCUT2D eigenvalue weighted by Gasteiger charge is 2.43. The predicted molar refractivity (Wildman–Crippen MR) is 180 cm³/mol. The number of nitrogens with one attached hydrogen (secondary N) is 1. The first-order valence-corrected chi connectivity index (χ1v) is 16.3. The molecule has 50 heavy (non-hydrogen) atoms. The summed E-state index contributed by atoms with van der Waals surface area (Å²) in [5, 5.41) is 30.2. The van der Waals surface area contributed by atoms with Gasteiger partial charge in [0.2, 0.25) is 5.84 Å². The minimum absolute atomic E-state index is 0.0231. The fourth-order valence-corrected chi connectivity index (χ4v) is 7.20. The second-order valence-electron chi connectivity index (χ2n) is 11.3. The van der Waals surface area contributed by atoms with E-state index in [1.165, 1.54) is 61.2 Å². The fraction of sp³-hybridized carbons (Fsp3) is 0.121. The number of amidine groups is 1. The standard InChI is InChI=1S/C33H25N7O9S/c1-18-8-10-23(40(44)45)17-28(18)50(46,47)49-26-15-9-20(16-27(26)48-3)30-29-19(2)36-38(21-11-13-22(14-12-21)39(42)43)31(29)35-32-33(41)34-24-6-4-5-7-25(24)37(30)32/h4-17,30H,1-3H3,(H,34,41). The molecular weight excluding hydrogens is 670 g/mol. The highest BCUT2D eigenvalue weighted by molar-refractivity contribution is 7.87. The number of aliphatic imine (C=N–C) groups is 1. The highest BCUT2D eigenvalue weighted by atomic mass is 32.2. The van der Waals surface area contributed by atoms with E-state index < -0.39 is 37.6 Å². The molecule has 0 saturated carbocycles. The van der Waals surface area contributed by atoms with E-state index in [0.29, 0.717) is 39.7 Å². The normalized spacial score (nSPS) is 14.9. The molecule has 1 aromatic heterocycles. The number of hydrogen-bond acceptors (Lipinski definition) is 12. The van der Waals surface area contributed by atoms with Crippen LogP contribution in [0.2, 0.25) is 0 Å². The fourth-order valence-electron chi connectivity index (χ4n) is 6.01.